The van der Waals surface area contributed by atoms with E-state index >= 15 is 0 Å². The summed E-state index contributed by atoms with van der Waals surface area (Å²) in [6.45, 7) is 2.85. The molecular weight excluding hydrogens is 276 g/mol. The van der Waals surface area contributed by atoms with Gasteiger partial charge in [0.25, 0.3) is 5.91 Å². The Labute approximate surface area is 130 Å². The molecule has 2 fully saturated rings. The second kappa shape index (κ2) is 5.76. The van der Waals surface area contributed by atoms with Crippen LogP contribution in [0.25, 0.3) is 11.0 Å². The van der Waals surface area contributed by atoms with Crippen LogP contribution >= 0.6 is 0 Å². The highest BCUT2D eigenvalue weighted by Crippen LogP contribution is 2.27. The number of carbonyl (C=O) groups is 1. The molecule has 0 bridgehead atoms. The van der Waals surface area contributed by atoms with Gasteiger partial charge in [-0.3, -0.25) is 4.79 Å². The fourth-order valence-corrected chi connectivity index (χ4v) is 3.86. The molecule has 1 unspecified atom stereocenters. The Hall–Kier alpha value is -1.81. The third-order valence-corrected chi connectivity index (χ3v) is 5.13. The van der Waals surface area contributed by atoms with Crippen molar-refractivity contribution in [1.29, 1.82) is 0 Å². The van der Waals surface area contributed by atoms with Gasteiger partial charge in [0.15, 0.2) is 5.76 Å². The first-order valence-corrected chi connectivity index (χ1v) is 8.32. The molecule has 0 radical (unpaired) electrons. The van der Waals surface area contributed by atoms with Crippen LogP contribution in [0.3, 0.4) is 0 Å². The molecule has 1 N–H and O–H groups in total. The largest absolute Gasteiger partial charge is 0.451 e. The molecular formula is C18H22N2O2. The number of rotatable bonds is 2. The van der Waals surface area contributed by atoms with Gasteiger partial charge in [0.2, 0.25) is 0 Å². The van der Waals surface area contributed by atoms with Crippen LogP contribution in [0.15, 0.2) is 34.7 Å². The summed E-state index contributed by atoms with van der Waals surface area (Å²) in [7, 11) is 0. The zero-order valence-electron chi connectivity index (χ0n) is 12.8. The number of piperidine rings is 1. The van der Waals surface area contributed by atoms with Crippen molar-refractivity contribution >= 4 is 16.9 Å². The summed E-state index contributed by atoms with van der Waals surface area (Å²) in [6, 6.07) is 10.3. The zero-order chi connectivity index (χ0) is 14.9. The van der Waals surface area contributed by atoms with Gasteiger partial charge in [-0.1, -0.05) is 18.2 Å². The third-order valence-electron chi connectivity index (χ3n) is 5.13. The molecule has 0 saturated carbocycles. The summed E-state index contributed by atoms with van der Waals surface area (Å²) in [5.41, 5.74) is 0.788. The van der Waals surface area contributed by atoms with Gasteiger partial charge in [-0.15, -0.1) is 0 Å². The highest BCUT2D eigenvalue weighted by atomic mass is 16.3. The minimum atomic E-state index is 0.0361. The van der Waals surface area contributed by atoms with E-state index in [0.29, 0.717) is 11.8 Å². The highest BCUT2D eigenvalue weighted by molar-refractivity contribution is 5.96. The lowest BCUT2D eigenvalue weighted by atomic mass is 9.88. The number of furan rings is 1. The predicted octanol–water partition coefficient (Wildman–Crippen LogP) is 3.04. The lowest BCUT2D eigenvalue weighted by Crippen LogP contribution is -2.43. The Kier molecular flexibility index (Phi) is 3.62. The van der Waals surface area contributed by atoms with E-state index in [1.807, 2.05) is 35.2 Å². The van der Waals surface area contributed by atoms with Crippen LogP contribution in [-0.2, 0) is 0 Å². The number of hydrogen-bond donors (Lipinski definition) is 1. The number of benzene rings is 1. The van der Waals surface area contributed by atoms with Crippen molar-refractivity contribution in [3.8, 4) is 0 Å². The molecule has 2 saturated heterocycles. The average Bonchev–Trinajstić information content (AvgIpc) is 3.23. The summed E-state index contributed by atoms with van der Waals surface area (Å²) < 4.78 is 5.71. The maximum Gasteiger partial charge on any atom is 0.289 e. The quantitative estimate of drug-likeness (QED) is 0.927. The van der Waals surface area contributed by atoms with E-state index in [1.54, 1.807) is 0 Å². The van der Waals surface area contributed by atoms with E-state index < -0.39 is 0 Å². The molecule has 4 nitrogen and oxygen atoms in total. The number of nitrogens with one attached hydrogen (secondary N) is 1. The minimum absolute atomic E-state index is 0.0361. The molecule has 1 aromatic carbocycles. The van der Waals surface area contributed by atoms with Gasteiger partial charge in [-0.2, -0.15) is 0 Å². The standard InChI is InChI=1S/C18H22N2O2/c21-18(17-12-14-4-1-2-6-16(14)22-17)20-10-7-13(8-11-20)15-5-3-9-19-15/h1-2,4,6,12-13,15,19H,3,5,7-11H2. The molecule has 2 aliphatic rings. The highest BCUT2D eigenvalue weighted by Gasteiger charge is 2.31. The summed E-state index contributed by atoms with van der Waals surface area (Å²) in [4.78, 5) is 14.6. The van der Waals surface area contributed by atoms with Gasteiger partial charge in [0, 0.05) is 24.5 Å². The van der Waals surface area contributed by atoms with Crippen molar-refractivity contribution < 1.29 is 9.21 Å². The topological polar surface area (TPSA) is 45.5 Å². The van der Waals surface area contributed by atoms with E-state index in [2.05, 4.69) is 5.32 Å². The van der Waals surface area contributed by atoms with Crippen LogP contribution in [0.5, 0.6) is 0 Å². The maximum absolute atomic E-state index is 12.6. The third kappa shape index (κ3) is 2.52. The minimum Gasteiger partial charge on any atom is -0.451 e. The molecule has 116 valence electrons. The van der Waals surface area contributed by atoms with Crippen molar-refractivity contribution in [2.45, 2.75) is 31.7 Å². The van der Waals surface area contributed by atoms with Crippen molar-refractivity contribution in [3.63, 3.8) is 0 Å². The Balaban J connectivity index is 1.43. The number of fused-ring (bicyclic) bond motifs is 1. The van der Waals surface area contributed by atoms with Gasteiger partial charge in [-0.05, 0) is 50.3 Å². The molecule has 4 heteroatoms. The summed E-state index contributed by atoms with van der Waals surface area (Å²) in [5.74, 6) is 1.23. The number of likely N-dealkylation sites (tertiary alicyclic amines) is 1. The number of amides is 1. The van der Waals surface area contributed by atoms with Gasteiger partial charge >= 0.3 is 0 Å². The summed E-state index contributed by atoms with van der Waals surface area (Å²) in [5, 5.41) is 4.59. The average molecular weight is 298 g/mol. The normalized spacial score (nSPS) is 23.3. The van der Waals surface area contributed by atoms with Gasteiger partial charge in [0.1, 0.15) is 5.58 Å². The molecule has 22 heavy (non-hydrogen) atoms. The molecule has 1 atom stereocenters. The summed E-state index contributed by atoms with van der Waals surface area (Å²) in [6.07, 6.45) is 4.79. The monoisotopic (exact) mass is 298 g/mol. The second-order valence-corrected chi connectivity index (χ2v) is 6.48. The molecule has 1 amide bonds. The number of nitrogens with zero attached hydrogens (tertiary/aromatic N) is 1. The Morgan fingerprint density at radius 3 is 2.73 bits per heavy atom. The van der Waals surface area contributed by atoms with Crippen LogP contribution in [-0.4, -0.2) is 36.5 Å². The van der Waals surface area contributed by atoms with Crippen molar-refractivity contribution in [2.24, 2.45) is 5.92 Å². The molecule has 0 spiro atoms. The number of hydrogen-bond acceptors (Lipinski definition) is 3. The molecule has 1 aromatic heterocycles. The van der Waals surface area contributed by atoms with Crippen molar-refractivity contribution in [3.05, 3.63) is 36.1 Å². The fraction of sp³-hybridized carbons (Fsp3) is 0.500. The van der Waals surface area contributed by atoms with E-state index in [-0.39, 0.29) is 5.91 Å². The molecule has 2 aliphatic heterocycles. The van der Waals surface area contributed by atoms with Crippen LogP contribution in [0.4, 0.5) is 0 Å². The van der Waals surface area contributed by atoms with E-state index in [0.717, 1.165) is 49.4 Å². The number of carbonyl (C=O) groups excluding carboxylic acids is 1. The lowest BCUT2D eigenvalue weighted by molar-refractivity contribution is 0.0645. The SMILES string of the molecule is O=C(c1cc2ccccc2o1)N1CCC(C2CCCN2)CC1. The lowest BCUT2D eigenvalue weighted by Gasteiger charge is -2.34. The van der Waals surface area contributed by atoms with Gasteiger partial charge < -0.3 is 14.6 Å². The first-order chi connectivity index (χ1) is 10.8. The first-order valence-electron chi connectivity index (χ1n) is 8.32. The fourth-order valence-electron chi connectivity index (χ4n) is 3.86. The number of para-hydroxylation sites is 1. The van der Waals surface area contributed by atoms with E-state index in [1.165, 1.54) is 12.8 Å². The van der Waals surface area contributed by atoms with Gasteiger partial charge in [-0.25, -0.2) is 0 Å². The molecule has 4 rings (SSSR count). The Bertz CT molecular complexity index is 632. The second-order valence-electron chi connectivity index (χ2n) is 6.48. The zero-order valence-corrected chi connectivity index (χ0v) is 12.8. The van der Waals surface area contributed by atoms with Gasteiger partial charge in [0.05, 0.1) is 0 Å². The van der Waals surface area contributed by atoms with Crippen LogP contribution in [0.2, 0.25) is 0 Å². The molecule has 3 heterocycles. The van der Waals surface area contributed by atoms with Crippen LogP contribution < -0.4 is 5.32 Å². The van der Waals surface area contributed by atoms with Crippen molar-refractivity contribution in [2.75, 3.05) is 19.6 Å². The van der Waals surface area contributed by atoms with E-state index in [4.69, 9.17) is 4.42 Å². The van der Waals surface area contributed by atoms with E-state index in [9.17, 15) is 4.79 Å². The van der Waals surface area contributed by atoms with Crippen molar-refractivity contribution in [1.82, 2.24) is 10.2 Å². The maximum atomic E-state index is 12.6. The Morgan fingerprint density at radius 2 is 2.00 bits per heavy atom. The smallest absolute Gasteiger partial charge is 0.289 e. The molecule has 0 aliphatic carbocycles. The molecule has 2 aromatic rings. The van der Waals surface area contributed by atoms with Crippen LogP contribution in [0.1, 0.15) is 36.2 Å². The van der Waals surface area contributed by atoms with Crippen LogP contribution in [0, 0.1) is 5.92 Å². The summed E-state index contributed by atoms with van der Waals surface area (Å²) >= 11 is 0. The predicted molar refractivity (Wildman–Crippen MR) is 85.9 cm³/mol. The Morgan fingerprint density at radius 1 is 1.18 bits per heavy atom. The first kappa shape index (κ1) is 13.8.